The summed E-state index contributed by atoms with van der Waals surface area (Å²) < 4.78 is 16.3. The lowest BCUT2D eigenvalue weighted by molar-refractivity contribution is -0.239. The van der Waals surface area contributed by atoms with Crippen LogP contribution in [0.3, 0.4) is 0 Å². The van der Waals surface area contributed by atoms with Crippen LogP contribution >= 0.6 is 0 Å². The summed E-state index contributed by atoms with van der Waals surface area (Å²) in [5.41, 5.74) is 0. The molecule has 1 fully saturated rings. The van der Waals surface area contributed by atoms with Crippen LogP contribution in [0, 0.1) is 11.8 Å². The molecule has 0 unspecified atom stereocenters. The van der Waals surface area contributed by atoms with Gasteiger partial charge in [-0.15, -0.1) is 0 Å². The van der Waals surface area contributed by atoms with Gasteiger partial charge in [0.1, 0.15) is 12.7 Å². The molecule has 0 radical (unpaired) electrons. The maximum absolute atomic E-state index is 11.0. The quantitative estimate of drug-likeness (QED) is 0.567. The Kier molecular flexibility index (Phi) is 5.33. The van der Waals surface area contributed by atoms with Crippen molar-refractivity contribution in [3.63, 3.8) is 0 Å². The van der Waals surface area contributed by atoms with E-state index in [1.807, 2.05) is 0 Å². The average molecular weight is 326 g/mol. The summed E-state index contributed by atoms with van der Waals surface area (Å²) >= 11 is 0. The fraction of sp³-hybridized carbons (Fsp3) is 0.562. The van der Waals surface area contributed by atoms with Crippen molar-refractivity contribution in [3.8, 4) is 17.2 Å². The van der Waals surface area contributed by atoms with Crippen LogP contribution in [-0.4, -0.2) is 46.4 Å². The van der Waals surface area contributed by atoms with Crippen LogP contribution in [0.5, 0.6) is 17.2 Å². The normalized spacial score (nSPS) is 30.7. The lowest BCUT2D eigenvalue weighted by Gasteiger charge is -2.41. The van der Waals surface area contributed by atoms with E-state index in [-0.39, 0.29) is 29.9 Å². The summed E-state index contributed by atoms with van der Waals surface area (Å²) in [6, 6.07) is 4.33. The van der Waals surface area contributed by atoms with Crippen LogP contribution in [-0.2, 0) is 14.3 Å². The highest BCUT2D eigenvalue weighted by Crippen LogP contribution is 2.38. The Morgan fingerprint density at radius 1 is 1.26 bits per heavy atom. The number of phenolic OH excluding ortho intramolecular Hbond substituents is 2. The summed E-state index contributed by atoms with van der Waals surface area (Å²) in [6.07, 6.45) is -2.11. The van der Waals surface area contributed by atoms with E-state index in [0.29, 0.717) is 0 Å². The van der Waals surface area contributed by atoms with Gasteiger partial charge in [0.25, 0.3) is 0 Å². The minimum absolute atomic E-state index is 0.00611. The predicted octanol–water partition coefficient (Wildman–Crippen LogP) is 1.40. The van der Waals surface area contributed by atoms with Gasteiger partial charge in [-0.2, -0.15) is 0 Å². The number of para-hydroxylation sites is 1. The summed E-state index contributed by atoms with van der Waals surface area (Å²) in [7, 11) is 0. The van der Waals surface area contributed by atoms with Crippen LogP contribution < -0.4 is 4.74 Å². The number of carbonyl (C=O) groups is 1. The molecule has 7 heteroatoms. The van der Waals surface area contributed by atoms with Crippen molar-refractivity contribution in [1.82, 2.24) is 0 Å². The number of benzene rings is 1. The van der Waals surface area contributed by atoms with Crippen LogP contribution in [0.1, 0.15) is 20.8 Å². The van der Waals surface area contributed by atoms with Gasteiger partial charge < -0.3 is 29.5 Å². The van der Waals surface area contributed by atoms with Crippen molar-refractivity contribution < 1.29 is 34.3 Å². The molecule has 1 aliphatic heterocycles. The van der Waals surface area contributed by atoms with Crippen molar-refractivity contribution in [2.45, 2.75) is 39.3 Å². The highest BCUT2D eigenvalue weighted by Gasteiger charge is 2.42. The summed E-state index contributed by atoms with van der Waals surface area (Å²) in [4.78, 5) is 11.0. The summed E-state index contributed by atoms with van der Waals surface area (Å²) in [5.74, 6) is -1.71. The number of hydrogen-bond acceptors (Lipinski definition) is 7. The molecule has 128 valence electrons. The van der Waals surface area contributed by atoms with Crippen molar-refractivity contribution in [3.05, 3.63) is 18.2 Å². The molecule has 1 heterocycles. The van der Waals surface area contributed by atoms with Gasteiger partial charge in [-0.25, -0.2) is 0 Å². The molecule has 5 atom stereocenters. The molecular weight excluding hydrogens is 304 g/mol. The van der Waals surface area contributed by atoms with Crippen molar-refractivity contribution in [2.75, 3.05) is 6.61 Å². The Labute approximate surface area is 134 Å². The summed E-state index contributed by atoms with van der Waals surface area (Å²) in [6.45, 7) is 4.86. The fourth-order valence-electron chi connectivity index (χ4n) is 2.54. The number of aliphatic hydroxyl groups is 1. The molecule has 0 amide bonds. The first-order valence-electron chi connectivity index (χ1n) is 7.45. The van der Waals surface area contributed by atoms with Crippen LogP contribution in [0.2, 0.25) is 0 Å². The number of aliphatic hydroxyl groups excluding tert-OH is 1. The molecule has 0 saturated carbocycles. The van der Waals surface area contributed by atoms with Gasteiger partial charge >= 0.3 is 5.97 Å². The molecule has 1 aromatic carbocycles. The van der Waals surface area contributed by atoms with E-state index in [0.717, 1.165) is 0 Å². The number of carbonyl (C=O) groups excluding carboxylic acids is 1. The Morgan fingerprint density at radius 3 is 2.61 bits per heavy atom. The van der Waals surface area contributed by atoms with Gasteiger partial charge in [-0.05, 0) is 12.1 Å². The monoisotopic (exact) mass is 326 g/mol. The molecule has 1 saturated heterocycles. The van der Waals surface area contributed by atoms with Gasteiger partial charge in [-0.1, -0.05) is 19.9 Å². The minimum atomic E-state index is -0.852. The maximum Gasteiger partial charge on any atom is 0.302 e. The second-order valence-electron chi connectivity index (χ2n) is 5.80. The zero-order valence-electron chi connectivity index (χ0n) is 13.3. The third-order valence-corrected chi connectivity index (χ3v) is 4.07. The van der Waals surface area contributed by atoms with Gasteiger partial charge in [0.2, 0.25) is 12.0 Å². The largest absolute Gasteiger partial charge is 0.504 e. The Bertz CT molecular complexity index is 559. The SMILES string of the molecule is CC(=O)OC[C@H]1O[C@@H](Oc2cccc(O)c2O)[C@H](C)[C@@H](O)[C@@H]1C. The molecule has 2 rings (SSSR count). The lowest BCUT2D eigenvalue weighted by atomic mass is 9.86. The van der Waals surface area contributed by atoms with E-state index in [9.17, 15) is 20.1 Å². The van der Waals surface area contributed by atoms with Gasteiger partial charge in [0.15, 0.2) is 11.5 Å². The first kappa shape index (κ1) is 17.4. The number of aromatic hydroxyl groups is 2. The van der Waals surface area contributed by atoms with E-state index in [1.165, 1.54) is 25.1 Å². The smallest absolute Gasteiger partial charge is 0.302 e. The molecule has 0 aliphatic carbocycles. The van der Waals surface area contributed by atoms with E-state index < -0.39 is 30.2 Å². The second-order valence-corrected chi connectivity index (χ2v) is 5.80. The molecule has 1 aliphatic rings. The van der Waals surface area contributed by atoms with Crippen molar-refractivity contribution in [1.29, 1.82) is 0 Å². The van der Waals surface area contributed by atoms with Crippen molar-refractivity contribution in [2.24, 2.45) is 11.8 Å². The van der Waals surface area contributed by atoms with E-state index in [2.05, 4.69) is 0 Å². The topological polar surface area (TPSA) is 105 Å². The standard InChI is InChI=1S/C16H22O7/c1-8-13(7-21-10(3)17)23-16(9(2)14(8)19)22-12-6-4-5-11(18)15(12)20/h4-6,8-9,13-14,16,18-20H,7H2,1-3H3/t8-,9-,13-,14+,16-/m1/s1. The van der Waals surface area contributed by atoms with Crippen LogP contribution in [0.15, 0.2) is 18.2 Å². The predicted molar refractivity (Wildman–Crippen MR) is 80.0 cm³/mol. The zero-order chi connectivity index (χ0) is 17.1. The van der Waals surface area contributed by atoms with Gasteiger partial charge in [-0.3, -0.25) is 4.79 Å². The molecule has 23 heavy (non-hydrogen) atoms. The third kappa shape index (κ3) is 3.86. The van der Waals surface area contributed by atoms with Crippen LogP contribution in [0.25, 0.3) is 0 Å². The fourth-order valence-corrected chi connectivity index (χ4v) is 2.54. The number of phenols is 2. The highest BCUT2D eigenvalue weighted by molar-refractivity contribution is 5.65. The molecule has 0 aromatic heterocycles. The maximum atomic E-state index is 11.0. The Morgan fingerprint density at radius 2 is 1.96 bits per heavy atom. The Hall–Kier alpha value is -1.99. The first-order chi connectivity index (χ1) is 10.8. The third-order valence-electron chi connectivity index (χ3n) is 4.07. The number of rotatable bonds is 4. The number of esters is 1. The molecule has 0 bridgehead atoms. The summed E-state index contributed by atoms with van der Waals surface area (Å²) in [5, 5.41) is 29.7. The Balaban J connectivity index is 2.13. The first-order valence-corrected chi connectivity index (χ1v) is 7.45. The highest BCUT2D eigenvalue weighted by atomic mass is 16.7. The van der Waals surface area contributed by atoms with E-state index in [1.54, 1.807) is 13.8 Å². The average Bonchev–Trinajstić information content (AvgIpc) is 2.50. The number of ether oxygens (including phenoxy) is 3. The minimum Gasteiger partial charge on any atom is -0.504 e. The number of hydrogen-bond donors (Lipinski definition) is 3. The molecule has 7 nitrogen and oxygen atoms in total. The van der Waals surface area contributed by atoms with Gasteiger partial charge in [0.05, 0.1) is 6.10 Å². The van der Waals surface area contributed by atoms with E-state index >= 15 is 0 Å². The molecule has 1 aromatic rings. The molecule has 0 spiro atoms. The second kappa shape index (κ2) is 7.06. The lowest BCUT2D eigenvalue weighted by Crippen LogP contribution is -2.52. The molecule has 3 N–H and O–H groups in total. The van der Waals surface area contributed by atoms with E-state index in [4.69, 9.17) is 14.2 Å². The zero-order valence-corrected chi connectivity index (χ0v) is 13.3. The van der Waals surface area contributed by atoms with Crippen LogP contribution in [0.4, 0.5) is 0 Å². The van der Waals surface area contributed by atoms with Gasteiger partial charge in [0, 0.05) is 18.8 Å². The van der Waals surface area contributed by atoms with Crippen molar-refractivity contribution >= 4 is 5.97 Å². The molecular formula is C16H22O7.